The molecule has 0 saturated carbocycles. The lowest BCUT2D eigenvalue weighted by atomic mass is 10.1. The maximum atomic E-state index is 13.7. The van der Waals surface area contributed by atoms with Crippen molar-refractivity contribution in [1.29, 1.82) is 0 Å². The Bertz CT molecular complexity index is 716. The monoisotopic (exact) mass is 398 g/mol. The molecule has 0 amide bonds. The van der Waals surface area contributed by atoms with Gasteiger partial charge in [-0.1, -0.05) is 19.1 Å². The lowest BCUT2D eigenvalue weighted by Gasteiger charge is -2.32. The minimum Gasteiger partial charge on any atom is -0.357 e. The maximum Gasteiger partial charge on any atom is 0.191 e. The molecule has 1 aromatic carbocycles. The average Bonchev–Trinajstić information content (AvgIpc) is 2.64. The third kappa shape index (κ3) is 6.77. The van der Waals surface area contributed by atoms with Crippen LogP contribution < -0.4 is 10.6 Å². The quantitative estimate of drug-likeness (QED) is 0.518. The molecule has 152 valence electrons. The van der Waals surface area contributed by atoms with Crippen molar-refractivity contribution < 1.29 is 12.8 Å². The average molecular weight is 399 g/mol. The Kier molecular flexibility index (Phi) is 8.50. The molecule has 0 bridgehead atoms. The van der Waals surface area contributed by atoms with Gasteiger partial charge in [-0.05, 0) is 44.9 Å². The first-order valence-electron chi connectivity index (χ1n) is 9.70. The molecule has 0 spiro atoms. The number of hydrogen-bond donors (Lipinski definition) is 2. The van der Waals surface area contributed by atoms with Gasteiger partial charge < -0.3 is 15.5 Å². The zero-order valence-electron chi connectivity index (χ0n) is 16.2. The first-order chi connectivity index (χ1) is 13.0. The summed E-state index contributed by atoms with van der Waals surface area (Å²) in [6.45, 7) is 8.20. The summed E-state index contributed by atoms with van der Waals surface area (Å²) in [4.78, 5) is 6.58. The minimum absolute atomic E-state index is 0.0840. The fourth-order valence-electron chi connectivity index (χ4n) is 3.22. The highest BCUT2D eigenvalue weighted by atomic mass is 32.2. The van der Waals surface area contributed by atoms with Crippen molar-refractivity contribution in [3.8, 4) is 0 Å². The molecule has 0 aromatic heterocycles. The van der Waals surface area contributed by atoms with E-state index in [1.54, 1.807) is 0 Å². The van der Waals surface area contributed by atoms with E-state index in [1.807, 2.05) is 6.92 Å². The first kappa shape index (κ1) is 21.6. The van der Waals surface area contributed by atoms with Gasteiger partial charge >= 0.3 is 0 Å². The number of hydrogen-bond acceptors (Lipinski definition) is 4. The van der Waals surface area contributed by atoms with Gasteiger partial charge in [-0.25, -0.2) is 12.8 Å². The highest BCUT2D eigenvalue weighted by Crippen LogP contribution is 2.15. The smallest absolute Gasteiger partial charge is 0.191 e. The van der Waals surface area contributed by atoms with Crippen LogP contribution in [-0.2, 0) is 9.84 Å². The number of likely N-dealkylation sites (tertiary alicyclic amines) is 1. The molecule has 0 atom stereocenters. The van der Waals surface area contributed by atoms with Crippen molar-refractivity contribution >= 4 is 15.8 Å². The summed E-state index contributed by atoms with van der Waals surface area (Å²) in [5, 5.41) is 6.56. The Balaban J connectivity index is 1.91. The highest BCUT2D eigenvalue weighted by molar-refractivity contribution is 7.91. The van der Waals surface area contributed by atoms with Crippen LogP contribution >= 0.6 is 0 Å². The fraction of sp³-hybridized carbons (Fsp3) is 0.632. The molecule has 0 aliphatic carbocycles. The van der Waals surface area contributed by atoms with Crippen molar-refractivity contribution in [3.05, 3.63) is 30.1 Å². The topological polar surface area (TPSA) is 73.8 Å². The van der Waals surface area contributed by atoms with Crippen molar-refractivity contribution in [2.75, 3.05) is 38.5 Å². The van der Waals surface area contributed by atoms with Crippen LogP contribution in [0, 0.1) is 5.82 Å². The van der Waals surface area contributed by atoms with Gasteiger partial charge in [0.15, 0.2) is 15.8 Å². The van der Waals surface area contributed by atoms with E-state index in [4.69, 9.17) is 0 Å². The summed E-state index contributed by atoms with van der Waals surface area (Å²) >= 11 is 0. The number of guanidine groups is 1. The molecule has 0 unspecified atom stereocenters. The summed E-state index contributed by atoms with van der Waals surface area (Å²) in [5.41, 5.74) is 0. The molecule has 8 heteroatoms. The SMILES string of the molecule is CCCN1CCC(NC(=NCCS(=O)(=O)c2ccccc2F)NCC)CC1. The lowest BCUT2D eigenvalue weighted by molar-refractivity contribution is 0.206. The molecule has 1 aliphatic heterocycles. The predicted molar refractivity (Wildman–Crippen MR) is 107 cm³/mol. The number of nitrogens with one attached hydrogen (secondary N) is 2. The standard InChI is InChI=1S/C19H31FN4O2S/c1-3-12-24-13-9-16(10-14-24)23-19(21-4-2)22-11-15-27(25,26)18-8-6-5-7-17(18)20/h5-8,16H,3-4,9-15H2,1-2H3,(H2,21,22,23). The second-order valence-corrected chi connectivity index (χ2v) is 8.85. The number of aliphatic imine (C=N–C) groups is 1. The molecular weight excluding hydrogens is 367 g/mol. The second kappa shape index (κ2) is 10.6. The van der Waals surface area contributed by atoms with Gasteiger partial charge in [0.2, 0.25) is 0 Å². The Morgan fingerprint density at radius 3 is 2.59 bits per heavy atom. The van der Waals surface area contributed by atoms with Crippen LogP contribution in [0.15, 0.2) is 34.2 Å². The normalized spacial score (nSPS) is 17.1. The maximum absolute atomic E-state index is 13.7. The molecule has 6 nitrogen and oxygen atoms in total. The molecule has 1 heterocycles. The molecule has 2 rings (SSSR count). The number of sulfone groups is 1. The van der Waals surface area contributed by atoms with Crippen LogP contribution in [0.1, 0.15) is 33.1 Å². The van der Waals surface area contributed by atoms with E-state index < -0.39 is 15.7 Å². The second-order valence-electron chi connectivity index (χ2n) is 6.77. The van der Waals surface area contributed by atoms with Gasteiger partial charge in [-0.2, -0.15) is 0 Å². The van der Waals surface area contributed by atoms with Gasteiger partial charge in [-0.3, -0.25) is 4.99 Å². The van der Waals surface area contributed by atoms with E-state index in [-0.39, 0.29) is 17.2 Å². The van der Waals surface area contributed by atoms with Gasteiger partial charge in [0.1, 0.15) is 10.7 Å². The molecule has 2 N–H and O–H groups in total. The van der Waals surface area contributed by atoms with Crippen LogP contribution in [0.2, 0.25) is 0 Å². The lowest BCUT2D eigenvalue weighted by Crippen LogP contribution is -2.48. The zero-order valence-corrected chi connectivity index (χ0v) is 17.1. The zero-order chi connectivity index (χ0) is 19.7. The Morgan fingerprint density at radius 1 is 1.26 bits per heavy atom. The van der Waals surface area contributed by atoms with E-state index in [0.717, 1.165) is 38.5 Å². The summed E-state index contributed by atoms with van der Waals surface area (Å²) < 4.78 is 38.4. The van der Waals surface area contributed by atoms with Gasteiger partial charge in [0, 0.05) is 25.7 Å². The summed E-state index contributed by atoms with van der Waals surface area (Å²) in [6.07, 6.45) is 3.24. The number of rotatable bonds is 8. The summed E-state index contributed by atoms with van der Waals surface area (Å²) in [6, 6.07) is 5.79. The van der Waals surface area contributed by atoms with E-state index in [9.17, 15) is 12.8 Å². The van der Waals surface area contributed by atoms with Crippen molar-refractivity contribution in [2.45, 2.75) is 44.0 Å². The Morgan fingerprint density at radius 2 is 1.96 bits per heavy atom. The number of nitrogens with zero attached hydrogens (tertiary/aromatic N) is 2. The van der Waals surface area contributed by atoms with Gasteiger partial charge in [-0.15, -0.1) is 0 Å². The van der Waals surface area contributed by atoms with E-state index in [0.29, 0.717) is 18.5 Å². The molecule has 1 fully saturated rings. The number of halogens is 1. The van der Waals surface area contributed by atoms with Crippen LogP contribution in [-0.4, -0.2) is 63.8 Å². The van der Waals surface area contributed by atoms with Gasteiger partial charge in [0.25, 0.3) is 0 Å². The van der Waals surface area contributed by atoms with E-state index in [1.165, 1.54) is 24.6 Å². The number of piperidine rings is 1. The molecular formula is C19H31FN4O2S. The van der Waals surface area contributed by atoms with Crippen molar-refractivity contribution in [3.63, 3.8) is 0 Å². The molecule has 1 aromatic rings. The molecule has 27 heavy (non-hydrogen) atoms. The molecule has 1 saturated heterocycles. The minimum atomic E-state index is -3.69. The predicted octanol–water partition coefficient (Wildman–Crippen LogP) is 2.03. The fourth-order valence-corrected chi connectivity index (χ4v) is 4.42. The van der Waals surface area contributed by atoms with Crippen LogP contribution in [0.25, 0.3) is 0 Å². The van der Waals surface area contributed by atoms with Crippen LogP contribution in [0.4, 0.5) is 4.39 Å². The van der Waals surface area contributed by atoms with Crippen molar-refractivity contribution in [1.82, 2.24) is 15.5 Å². The Hall–Kier alpha value is -1.67. The summed E-state index contributed by atoms with van der Waals surface area (Å²) in [7, 11) is -3.69. The third-order valence-corrected chi connectivity index (χ3v) is 6.34. The summed E-state index contributed by atoms with van der Waals surface area (Å²) in [5.74, 6) is -0.320. The van der Waals surface area contributed by atoms with E-state index in [2.05, 4.69) is 27.4 Å². The molecule has 0 radical (unpaired) electrons. The van der Waals surface area contributed by atoms with E-state index >= 15 is 0 Å². The van der Waals surface area contributed by atoms with Crippen LogP contribution in [0.3, 0.4) is 0 Å². The van der Waals surface area contributed by atoms with Gasteiger partial charge in [0.05, 0.1) is 12.3 Å². The van der Waals surface area contributed by atoms with Crippen LogP contribution in [0.5, 0.6) is 0 Å². The number of benzene rings is 1. The largest absolute Gasteiger partial charge is 0.357 e. The van der Waals surface area contributed by atoms with Crippen molar-refractivity contribution in [2.24, 2.45) is 4.99 Å². The highest BCUT2D eigenvalue weighted by Gasteiger charge is 2.20. The first-order valence-corrected chi connectivity index (χ1v) is 11.4. The molecule has 1 aliphatic rings. The Labute approximate surface area is 162 Å². The third-order valence-electron chi connectivity index (χ3n) is 4.61.